The highest BCUT2D eigenvalue weighted by Gasteiger charge is 2.27. The maximum Gasteiger partial charge on any atom is 0.411 e. The molecule has 0 unspecified atom stereocenters. The van der Waals surface area contributed by atoms with E-state index in [0.717, 1.165) is 37.8 Å². The van der Waals surface area contributed by atoms with Gasteiger partial charge in [0.05, 0.1) is 17.5 Å². The van der Waals surface area contributed by atoms with Gasteiger partial charge in [0.25, 0.3) is 5.89 Å². The summed E-state index contributed by atoms with van der Waals surface area (Å²) in [7, 11) is -3.20. The molecule has 2 aromatic carbocycles. The van der Waals surface area contributed by atoms with Gasteiger partial charge >= 0.3 is 18.0 Å². The molecule has 4 rings (SSSR count). The summed E-state index contributed by atoms with van der Waals surface area (Å²) in [6.45, 7) is 2.92. The molecule has 1 aliphatic rings. The molecule has 1 saturated heterocycles. The predicted octanol–water partition coefficient (Wildman–Crippen LogP) is 2.86. The number of para-hydroxylation sites is 1. The molecule has 0 radical (unpaired) electrons. The van der Waals surface area contributed by atoms with E-state index in [1.807, 2.05) is 36.4 Å². The fourth-order valence-corrected chi connectivity index (χ4v) is 4.85. The molecule has 1 fully saturated rings. The fraction of sp³-hybridized carbons (Fsp3) is 0.321. The smallest absolute Gasteiger partial charge is 0.411 e. The minimum Gasteiger partial charge on any atom is -0.478 e. The van der Waals surface area contributed by atoms with Gasteiger partial charge < -0.3 is 24.7 Å². The van der Waals surface area contributed by atoms with Crippen molar-refractivity contribution >= 4 is 33.7 Å². The lowest BCUT2D eigenvalue weighted by molar-refractivity contribution is -0.134. The summed E-state index contributed by atoms with van der Waals surface area (Å²) in [5, 5.41) is 29.7. The number of hydrogen-bond acceptors (Lipinski definition) is 9. The van der Waals surface area contributed by atoms with E-state index in [2.05, 4.69) is 19.8 Å². The molecule has 43 heavy (non-hydrogen) atoms. The van der Waals surface area contributed by atoms with Crippen LogP contribution in [0.4, 0.5) is 10.5 Å². The van der Waals surface area contributed by atoms with Crippen LogP contribution in [-0.2, 0) is 19.6 Å². The zero-order valence-corrected chi connectivity index (χ0v) is 24.2. The molecule has 230 valence electrons. The highest BCUT2D eigenvalue weighted by Crippen LogP contribution is 2.32. The lowest BCUT2D eigenvalue weighted by Crippen LogP contribution is -2.43. The fourth-order valence-electron chi connectivity index (χ4n) is 4.39. The van der Waals surface area contributed by atoms with Gasteiger partial charge in [-0.3, -0.25) is 4.90 Å². The Bertz CT molecular complexity index is 1500. The van der Waals surface area contributed by atoms with Crippen molar-refractivity contribution < 1.29 is 42.6 Å². The van der Waals surface area contributed by atoms with Gasteiger partial charge in [-0.1, -0.05) is 47.6 Å². The number of amides is 1. The zero-order chi connectivity index (χ0) is 31.4. The molecule has 0 aliphatic carbocycles. The van der Waals surface area contributed by atoms with Crippen LogP contribution >= 0.6 is 0 Å². The number of carboxylic acids is 2. The lowest BCUT2D eigenvalue weighted by Gasteiger charge is -2.34. The van der Waals surface area contributed by atoms with E-state index in [9.17, 15) is 27.9 Å². The van der Waals surface area contributed by atoms with Crippen molar-refractivity contribution in [3.05, 3.63) is 66.7 Å². The number of aliphatic carboxylic acids is 2. The SMILES string of the molecule is CS(=O)(=O)NCCN1CCC(CN(C(=O)O)c2ccccc2-c2nc(-c3ccccc3)no2)CC1.O=C(O)/C=C\C(=O)O. The van der Waals surface area contributed by atoms with Crippen molar-refractivity contribution in [2.75, 3.05) is 43.9 Å². The number of aromatic nitrogens is 2. The highest BCUT2D eigenvalue weighted by molar-refractivity contribution is 7.88. The first-order valence-corrected chi connectivity index (χ1v) is 15.1. The minimum atomic E-state index is -3.20. The van der Waals surface area contributed by atoms with E-state index in [1.165, 1.54) is 4.90 Å². The van der Waals surface area contributed by atoms with Crippen LogP contribution in [0.3, 0.4) is 0 Å². The van der Waals surface area contributed by atoms with Crippen molar-refractivity contribution in [3.8, 4) is 22.8 Å². The Balaban J connectivity index is 0.000000557. The highest BCUT2D eigenvalue weighted by atomic mass is 32.2. The lowest BCUT2D eigenvalue weighted by atomic mass is 9.95. The largest absolute Gasteiger partial charge is 0.478 e. The second-order valence-electron chi connectivity index (χ2n) is 9.66. The monoisotopic (exact) mass is 615 g/mol. The first-order valence-electron chi connectivity index (χ1n) is 13.2. The maximum absolute atomic E-state index is 12.3. The molecule has 15 heteroatoms. The molecular weight excluding hydrogens is 582 g/mol. The van der Waals surface area contributed by atoms with Crippen LogP contribution in [0.1, 0.15) is 12.8 Å². The topological polar surface area (TPSA) is 203 Å². The van der Waals surface area contributed by atoms with Gasteiger partial charge in [0.15, 0.2) is 0 Å². The molecule has 0 saturated carbocycles. The van der Waals surface area contributed by atoms with E-state index in [0.29, 0.717) is 48.9 Å². The molecule has 2 heterocycles. The van der Waals surface area contributed by atoms with E-state index in [4.69, 9.17) is 14.7 Å². The average Bonchev–Trinajstić information content (AvgIpc) is 3.46. The number of piperidine rings is 1. The molecule has 0 bridgehead atoms. The van der Waals surface area contributed by atoms with Gasteiger partial charge in [-0.15, -0.1) is 0 Å². The summed E-state index contributed by atoms with van der Waals surface area (Å²) in [6.07, 6.45) is 2.87. The predicted molar refractivity (Wildman–Crippen MR) is 157 cm³/mol. The summed E-state index contributed by atoms with van der Waals surface area (Å²) in [4.78, 5) is 39.4. The molecule has 0 spiro atoms. The summed E-state index contributed by atoms with van der Waals surface area (Å²) >= 11 is 0. The molecular formula is C28H33N5O9S. The Morgan fingerprint density at radius 1 is 1.00 bits per heavy atom. The number of nitrogens with one attached hydrogen (secondary N) is 1. The van der Waals surface area contributed by atoms with Gasteiger partial charge in [-0.25, -0.2) is 27.5 Å². The quantitative estimate of drug-likeness (QED) is 0.230. The van der Waals surface area contributed by atoms with Gasteiger partial charge in [-0.2, -0.15) is 4.98 Å². The molecule has 3 aromatic rings. The number of nitrogens with zero attached hydrogens (tertiary/aromatic N) is 4. The number of rotatable bonds is 11. The van der Waals surface area contributed by atoms with E-state index in [-0.39, 0.29) is 11.8 Å². The number of sulfonamides is 1. The number of carbonyl (C=O) groups is 3. The van der Waals surface area contributed by atoms with Gasteiger partial charge in [0.1, 0.15) is 0 Å². The van der Waals surface area contributed by atoms with Crippen molar-refractivity contribution in [1.82, 2.24) is 19.8 Å². The summed E-state index contributed by atoms with van der Waals surface area (Å²) in [6, 6.07) is 16.6. The summed E-state index contributed by atoms with van der Waals surface area (Å²) in [5.74, 6) is -1.63. The van der Waals surface area contributed by atoms with Crippen LogP contribution in [0.25, 0.3) is 22.8 Å². The number of likely N-dealkylation sites (tertiary alicyclic amines) is 1. The Morgan fingerprint density at radius 3 is 2.19 bits per heavy atom. The standard InChI is InChI=1S/C24H29N5O5S.C4H4O4/c1-35(32,33)25-13-16-28-14-11-18(12-15-28)17-29(24(30)31)21-10-6-5-9-20(21)23-26-22(27-34-23)19-7-3-2-4-8-19;5-3(6)1-2-4(7)8/h2-10,18,25H,11-17H2,1H3,(H,30,31);1-2H,(H,5,6)(H,7,8)/b;2-1-. The Hall–Kier alpha value is -4.60. The van der Waals surface area contributed by atoms with Crippen LogP contribution in [0.2, 0.25) is 0 Å². The molecule has 4 N–H and O–H groups in total. The Morgan fingerprint density at radius 2 is 1.60 bits per heavy atom. The number of carboxylic acid groups (broad SMARTS) is 3. The molecule has 14 nitrogen and oxygen atoms in total. The van der Waals surface area contributed by atoms with Crippen molar-refractivity contribution in [1.29, 1.82) is 0 Å². The van der Waals surface area contributed by atoms with Crippen molar-refractivity contribution in [2.24, 2.45) is 5.92 Å². The molecule has 1 aromatic heterocycles. The maximum atomic E-state index is 12.3. The van der Waals surface area contributed by atoms with Crippen molar-refractivity contribution in [3.63, 3.8) is 0 Å². The third-order valence-electron chi connectivity index (χ3n) is 6.42. The van der Waals surface area contributed by atoms with Crippen LogP contribution in [0.5, 0.6) is 0 Å². The molecule has 1 aliphatic heterocycles. The summed E-state index contributed by atoms with van der Waals surface area (Å²) < 4.78 is 30.5. The number of anilines is 1. The van der Waals surface area contributed by atoms with Gasteiger partial charge in [0, 0.05) is 37.3 Å². The van der Waals surface area contributed by atoms with Crippen LogP contribution in [-0.4, -0.2) is 95.8 Å². The van der Waals surface area contributed by atoms with E-state index in [1.54, 1.807) is 18.2 Å². The Kier molecular flexibility index (Phi) is 11.9. The van der Waals surface area contributed by atoms with Crippen LogP contribution < -0.4 is 9.62 Å². The molecule has 0 atom stereocenters. The first kappa shape index (κ1) is 32.9. The molecule has 1 amide bonds. The van der Waals surface area contributed by atoms with E-state index >= 15 is 0 Å². The minimum absolute atomic E-state index is 0.181. The second kappa shape index (κ2) is 15.6. The van der Waals surface area contributed by atoms with Gasteiger partial charge in [-0.05, 0) is 44.0 Å². The van der Waals surface area contributed by atoms with E-state index < -0.39 is 28.1 Å². The summed E-state index contributed by atoms with van der Waals surface area (Å²) in [5.41, 5.74) is 1.88. The third-order valence-corrected chi connectivity index (χ3v) is 7.15. The number of hydrogen-bond donors (Lipinski definition) is 4. The first-order chi connectivity index (χ1) is 20.4. The normalized spacial score (nSPS) is 14.2. The second-order valence-corrected chi connectivity index (χ2v) is 11.5. The van der Waals surface area contributed by atoms with Gasteiger partial charge in [0.2, 0.25) is 15.8 Å². The number of benzene rings is 2. The van der Waals surface area contributed by atoms with Crippen LogP contribution in [0.15, 0.2) is 71.3 Å². The zero-order valence-electron chi connectivity index (χ0n) is 23.4. The third kappa shape index (κ3) is 11.0. The average molecular weight is 616 g/mol. The van der Waals surface area contributed by atoms with Crippen molar-refractivity contribution in [2.45, 2.75) is 12.8 Å². The van der Waals surface area contributed by atoms with Crippen LogP contribution in [0, 0.1) is 5.92 Å². The Labute approximate surface area is 248 Å².